The quantitative estimate of drug-likeness (QED) is 0.780. The van der Waals surface area contributed by atoms with Crippen molar-refractivity contribution in [2.45, 2.75) is 18.2 Å². The number of amidine groups is 1. The molecule has 2 aliphatic heterocycles. The summed E-state index contributed by atoms with van der Waals surface area (Å²) in [6.45, 7) is 0. The summed E-state index contributed by atoms with van der Waals surface area (Å²) < 4.78 is 4.73. The Balaban J connectivity index is 1.52. The fourth-order valence-corrected chi connectivity index (χ4v) is 3.94. The lowest BCUT2D eigenvalue weighted by Crippen LogP contribution is -2.27. The molecular weight excluding hydrogens is 334 g/mol. The van der Waals surface area contributed by atoms with Crippen molar-refractivity contribution in [1.82, 2.24) is 5.01 Å². The minimum absolute atomic E-state index is 0.248. The van der Waals surface area contributed by atoms with Crippen LogP contribution in [0.1, 0.15) is 33.9 Å². The number of hydrogen-bond acceptors (Lipinski definition) is 6. The van der Waals surface area contributed by atoms with Crippen molar-refractivity contribution in [3.8, 4) is 0 Å². The Bertz CT molecular complexity index is 861. The van der Waals surface area contributed by atoms with Gasteiger partial charge in [-0.15, -0.1) is 0 Å². The molecule has 0 saturated heterocycles. The molecule has 0 radical (unpaired) electrons. The van der Waals surface area contributed by atoms with Gasteiger partial charge in [-0.3, -0.25) is 0 Å². The molecule has 6 heteroatoms. The van der Waals surface area contributed by atoms with Gasteiger partial charge in [0, 0.05) is 24.0 Å². The van der Waals surface area contributed by atoms with Crippen molar-refractivity contribution in [1.29, 1.82) is 0 Å². The molecule has 0 aliphatic carbocycles. The third kappa shape index (κ3) is 3.05. The van der Waals surface area contributed by atoms with E-state index in [9.17, 15) is 4.79 Å². The van der Waals surface area contributed by atoms with Crippen molar-refractivity contribution >= 4 is 34.8 Å². The van der Waals surface area contributed by atoms with Crippen molar-refractivity contribution < 1.29 is 9.53 Å². The van der Waals surface area contributed by atoms with Crippen LogP contribution in [0.2, 0.25) is 0 Å². The molecule has 5 nitrogen and oxygen atoms in total. The van der Waals surface area contributed by atoms with Crippen LogP contribution in [0.3, 0.4) is 0 Å². The molecule has 2 aromatic carbocycles. The van der Waals surface area contributed by atoms with Crippen LogP contribution in [0, 0.1) is 0 Å². The zero-order chi connectivity index (χ0) is 17.2. The van der Waals surface area contributed by atoms with Gasteiger partial charge in [0.25, 0.3) is 0 Å². The second-order valence-corrected chi connectivity index (χ2v) is 6.77. The maximum atomic E-state index is 11.5. The average molecular weight is 351 g/mol. The highest BCUT2D eigenvalue weighted by Crippen LogP contribution is 2.41. The summed E-state index contributed by atoms with van der Waals surface area (Å²) in [6.07, 6.45) is 2.86. The van der Waals surface area contributed by atoms with Crippen molar-refractivity contribution in [2.75, 3.05) is 7.11 Å². The molecule has 0 spiro atoms. The predicted octanol–water partition coefficient (Wildman–Crippen LogP) is 4.14. The van der Waals surface area contributed by atoms with Crippen LogP contribution in [-0.4, -0.2) is 29.5 Å². The van der Waals surface area contributed by atoms with E-state index >= 15 is 0 Å². The van der Waals surface area contributed by atoms with E-state index in [1.54, 1.807) is 23.9 Å². The van der Waals surface area contributed by atoms with Crippen LogP contribution in [0.25, 0.3) is 0 Å². The van der Waals surface area contributed by atoms with Crippen molar-refractivity contribution in [3.05, 3.63) is 65.2 Å². The van der Waals surface area contributed by atoms with Crippen molar-refractivity contribution in [2.24, 2.45) is 10.1 Å². The average Bonchev–Trinajstić information content (AvgIpc) is 3.16. The molecule has 126 valence electrons. The number of benzene rings is 2. The van der Waals surface area contributed by atoms with Gasteiger partial charge in [0.1, 0.15) is 0 Å². The maximum absolute atomic E-state index is 11.5. The van der Waals surface area contributed by atoms with Crippen molar-refractivity contribution in [3.63, 3.8) is 0 Å². The van der Waals surface area contributed by atoms with E-state index in [0.717, 1.165) is 28.6 Å². The standard InChI is InChI=1S/C19H17N3O2S/c1-24-18(23)14-8-6-13(7-9-14)12-25-19-21-16-5-3-2-4-15(16)17-10-11-20-22(17)19/h2-9,11,17H,10,12H2,1H3/t17-/m1/s1. The van der Waals surface area contributed by atoms with Gasteiger partial charge >= 0.3 is 5.97 Å². The Morgan fingerprint density at radius 3 is 2.84 bits per heavy atom. The minimum Gasteiger partial charge on any atom is -0.465 e. The highest BCUT2D eigenvalue weighted by molar-refractivity contribution is 8.13. The first-order valence-corrected chi connectivity index (χ1v) is 9.04. The van der Waals surface area contributed by atoms with E-state index in [-0.39, 0.29) is 12.0 Å². The molecule has 2 aliphatic rings. The summed E-state index contributed by atoms with van der Waals surface area (Å²) in [6, 6.07) is 16.0. The first-order chi connectivity index (χ1) is 12.3. The Labute approximate surface area is 150 Å². The fourth-order valence-electron chi connectivity index (χ4n) is 2.98. The summed E-state index contributed by atoms with van der Waals surface area (Å²) in [5.74, 6) is 0.447. The lowest BCUT2D eigenvalue weighted by Gasteiger charge is -2.29. The number of rotatable bonds is 3. The van der Waals surface area contributed by atoms with E-state index in [4.69, 9.17) is 9.73 Å². The number of para-hydroxylation sites is 1. The smallest absolute Gasteiger partial charge is 0.337 e. The normalized spacial score (nSPS) is 17.7. The van der Waals surface area contributed by atoms with Crippen LogP contribution in [0.5, 0.6) is 0 Å². The van der Waals surface area contributed by atoms with E-state index in [2.05, 4.69) is 17.2 Å². The number of ether oxygens (including phenoxy) is 1. The molecule has 2 heterocycles. The number of esters is 1. The zero-order valence-corrected chi connectivity index (χ0v) is 14.6. The molecule has 4 rings (SSSR count). The van der Waals surface area contributed by atoms with Crippen LogP contribution in [0.4, 0.5) is 5.69 Å². The van der Waals surface area contributed by atoms with Gasteiger partial charge in [0.15, 0.2) is 5.17 Å². The summed E-state index contributed by atoms with van der Waals surface area (Å²) in [7, 11) is 1.39. The predicted molar refractivity (Wildman–Crippen MR) is 100 cm³/mol. The molecule has 0 amide bonds. The van der Waals surface area contributed by atoms with E-state index in [0.29, 0.717) is 5.56 Å². The Kier molecular flexibility index (Phi) is 4.28. The molecule has 2 aromatic rings. The van der Waals surface area contributed by atoms with Gasteiger partial charge in [-0.2, -0.15) is 5.10 Å². The van der Waals surface area contributed by atoms with Gasteiger partial charge in [-0.25, -0.2) is 14.8 Å². The maximum Gasteiger partial charge on any atom is 0.337 e. The first-order valence-electron chi connectivity index (χ1n) is 8.05. The number of hydrogen-bond donors (Lipinski definition) is 0. The van der Waals surface area contributed by atoms with Crippen LogP contribution in [-0.2, 0) is 10.5 Å². The van der Waals surface area contributed by atoms with E-state index in [1.807, 2.05) is 35.5 Å². The minimum atomic E-state index is -0.318. The topological polar surface area (TPSA) is 54.3 Å². The number of carbonyl (C=O) groups excluding carboxylic acids is 1. The first kappa shape index (κ1) is 15.9. The SMILES string of the molecule is COC(=O)c1ccc(CSC2=Nc3ccccc3[C@H]3CC=NN23)cc1. The van der Waals surface area contributed by atoms with Gasteiger partial charge in [-0.05, 0) is 23.8 Å². The lowest BCUT2D eigenvalue weighted by molar-refractivity contribution is 0.0600. The molecule has 0 saturated carbocycles. The largest absolute Gasteiger partial charge is 0.465 e. The summed E-state index contributed by atoms with van der Waals surface area (Å²) >= 11 is 1.66. The van der Waals surface area contributed by atoms with Crippen LogP contribution >= 0.6 is 11.8 Å². The van der Waals surface area contributed by atoms with E-state index < -0.39 is 0 Å². The lowest BCUT2D eigenvalue weighted by atomic mass is 10.0. The Morgan fingerprint density at radius 1 is 1.24 bits per heavy atom. The van der Waals surface area contributed by atoms with Gasteiger partial charge in [0.05, 0.1) is 24.4 Å². The second-order valence-electron chi connectivity index (χ2n) is 5.82. The number of fused-ring (bicyclic) bond motifs is 3. The number of nitrogens with zero attached hydrogens (tertiary/aromatic N) is 3. The molecule has 0 unspecified atom stereocenters. The van der Waals surface area contributed by atoms with Gasteiger partial charge in [0.2, 0.25) is 0 Å². The summed E-state index contributed by atoms with van der Waals surface area (Å²) in [4.78, 5) is 16.3. The van der Waals surface area contributed by atoms with E-state index in [1.165, 1.54) is 12.7 Å². The Morgan fingerprint density at radius 2 is 2.04 bits per heavy atom. The third-order valence-corrected chi connectivity index (χ3v) is 5.29. The summed E-state index contributed by atoms with van der Waals surface area (Å²) in [5.41, 5.74) is 3.94. The monoisotopic (exact) mass is 351 g/mol. The fraction of sp³-hybridized carbons (Fsp3) is 0.211. The van der Waals surface area contributed by atoms with Gasteiger partial charge < -0.3 is 4.74 Å². The highest BCUT2D eigenvalue weighted by atomic mass is 32.2. The van der Waals surface area contributed by atoms with Crippen LogP contribution in [0.15, 0.2) is 58.6 Å². The zero-order valence-electron chi connectivity index (χ0n) is 13.8. The Hall–Kier alpha value is -2.60. The number of carbonyl (C=O) groups is 1. The molecule has 0 fully saturated rings. The highest BCUT2D eigenvalue weighted by Gasteiger charge is 2.32. The molecular formula is C19H17N3O2S. The number of thioether (sulfide) groups is 1. The summed E-state index contributed by atoms with van der Waals surface area (Å²) in [5, 5.41) is 7.42. The second kappa shape index (κ2) is 6.72. The van der Waals surface area contributed by atoms with Gasteiger partial charge in [-0.1, -0.05) is 42.1 Å². The third-order valence-electron chi connectivity index (χ3n) is 4.28. The number of methoxy groups -OCH3 is 1. The molecule has 25 heavy (non-hydrogen) atoms. The molecule has 0 bridgehead atoms. The molecule has 0 aromatic heterocycles. The molecule has 1 atom stereocenters. The number of aliphatic imine (C=N–C) groups is 1. The molecule has 0 N–H and O–H groups in total. The van der Waals surface area contributed by atoms with Crippen LogP contribution < -0.4 is 0 Å². The number of hydrazone groups is 1.